The molecule has 2 heteroatoms. The Morgan fingerprint density at radius 2 is 1.33 bits per heavy atom. The third kappa shape index (κ3) is 1.62. The van der Waals surface area contributed by atoms with Gasteiger partial charge in [0.15, 0.2) is 0 Å². The molecule has 0 unspecified atom stereocenters. The molecule has 1 aliphatic rings. The summed E-state index contributed by atoms with van der Waals surface area (Å²) in [5.41, 5.74) is 3.73. The molecule has 1 nitrogen and oxygen atoms in total. The molecule has 0 fully saturated rings. The van der Waals surface area contributed by atoms with Gasteiger partial charge in [0.2, 0.25) is 0 Å². The number of rotatable bonds is 2. The van der Waals surface area contributed by atoms with Gasteiger partial charge >= 0.3 is 0 Å². The summed E-state index contributed by atoms with van der Waals surface area (Å²) in [6.45, 7) is 4.44. The molecule has 3 rings (SSSR count). The normalized spacial score (nSPS) is 15.6. The molecule has 0 bridgehead atoms. The molecule has 0 saturated carbocycles. The summed E-state index contributed by atoms with van der Waals surface area (Å²) in [5, 5.41) is 11.2. The molecule has 2 aromatic carbocycles. The summed E-state index contributed by atoms with van der Waals surface area (Å²) in [6.07, 6.45) is 0.830. The predicted octanol–water partition coefficient (Wildman–Crippen LogP) is 3.64. The zero-order chi connectivity index (χ0) is 12.8. The van der Waals surface area contributed by atoms with E-state index in [-0.39, 0.29) is 7.92 Å². The second-order valence-electron chi connectivity index (χ2n) is 5.19. The Bertz CT molecular complexity index is 544. The van der Waals surface area contributed by atoms with Crippen molar-refractivity contribution in [2.75, 3.05) is 19.5 Å². The van der Waals surface area contributed by atoms with E-state index >= 15 is 0 Å². The fourth-order valence-electron chi connectivity index (χ4n) is 2.93. The lowest BCUT2D eigenvalue weighted by Gasteiger charge is -2.27. The van der Waals surface area contributed by atoms with Gasteiger partial charge in [-0.25, -0.2) is 0 Å². The van der Waals surface area contributed by atoms with E-state index in [2.05, 4.69) is 37.6 Å². The van der Waals surface area contributed by atoms with Crippen LogP contribution >= 0.6 is 7.92 Å². The number of hydrogen-bond acceptors (Lipinski definition) is 1. The number of benzene rings is 2. The van der Waals surface area contributed by atoms with Crippen LogP contribution in [0.15, 0.2) is 48.5 Å². The molecular formula is C16H17OP. The van der Waals surface area contributed by atoms with Crippen molar-refractivity contribution in [3.63, 3.8) is 0 Å². The molecule has 0 atom stereocenters. The molecule has 0 radical (unpaired) electrons. The van der Waals surface area contributed by atoms with E-state index in [9.17, 15) is 5.11 Å². The van der Waals surface area contributed by atoms with Crippen molar-refractivity contribution in [3.8, 4) is 11.1 Å². The van der Waals surface area contributed by atoms with Gasteiger partial charge < -0.3 is 5.11 Å². The molecule has 0 aliphatic heterocycles. The first-order valence-electron chi connectivity index (χ1n) is 6.19. The lowest BCUT2D eigenvalue weighted by Crippen LogP contribution is -2.28. The van der Waals surface area contributed by atoms with E-state index in [0.717, 1.165) is 17.3 Å². The van der Waals surface area contributed by atoms with Crippen LogP contribution < -0.4 is 0 Å². The molecule has 18 heavy (non-hydrogen) atoms. The maximum atomic E-state index is 11.2. The Morgan fingerprint density at radius 1 is 0.889 bits per heavy atom. The van der Waals surface area contributed by atoms with Gasteiger partial charge in [0.1, 0.15) is 5.60 Å². The van der Waals surface area contributed by atoms with Crippen LogP contribution in [0.4, 0.5) is 0 Å². The molecule has 0 heterocycles. The van der Waals surface area contributed by atoms with Gasteiger partial charge in [0.05, 0.1) is 0 Å². The van der Waals surface area contributed by atoms with Gasteiger partial charge in [-0.05, 0) is 35.6 Å². The Hall–Kier alpha value is -1.17. The summed E-state index contributed by atoms with van der Waals surface area (Å²) in [5.74, 6) is 0. The Balaban J connectivity index is 2.27. The van der Waals surface area contributed by atoms with Gasteiger partial charge in [-0.1, -0.05) is 48.5 Å². The zero-order valence-electron chi connectivity index (χ0n) is 10.7. The average Bonchev–Trinajstić information content (AvgIpc) is 2.61. The topological polar surface area (TPSA) is 20.2 Å². The van der Waals surface area contributed by atoms with Crippen molar-refractivity contribution in [1.82, 2.24) is 0 Å². The lowest BCUT2D eigenvalue weighted by molar-refractivity contribution is 0.111. The van der Waals surface area contributed by atoms with Crippen LogP contribution in [0.5, 0.6) is 0 Å². The van der Waals surface area contributed by atoms with Crippen LogP contribution in [-0.2, 0) is 5.60 Å². The molecular weight excluding hydrogens is 239 g/mol. The van der Waals surface area contributed by atoms with E-state index in [1.165, 1.54) is 11.1 Å². The molecule has 92 valence electrons. The van der Waals surface area contributed by atoms with E-state index < -0.39 is 5.60 Å². The first kappa shape index (κ1) is 11.9. The Labute approximate surface area is 109 Å². The van der Waals surface area contributed by atoms with Gasteiger partial charge in [-0.3, -0.25) is 0 Å². The Morgan fingerprint density at radius 3 is 1.78 bits per heavy atom. The highest BCUT2D eigenvalue weighted by molar-refractivity contribution is 7.56. The first-order valence-corrected chi connectivity index (χ1v) is 8.61. The summed E-state index contributed by atoms with van der Waals surface area (Å²) in [4.78, 5) is 0. The minimum absolute atomic E-state index is 0.159. The van der Waals surface area contributed by atoms with Gasteiger partial charge in [0, 0.05) is 6.16 Å². The fraction of sp³-hybridized carbons (Fsp3) is 0.250. The van der Waals surface area contributed by atoms with Crippen LogP contribution in [0.2, 0.25) is 0 Å². The smallest absolute Gasteiger partial charge is 0.120 e. The molecule has 1 N–H and O–H groups in total. The summed E-state index contributed by atoms with van der Waals surface area (Å²) >= 11 is 0. The fourth-order valence-corrected chi connectivity index (χ4v) is 4.19. The van der Waals surface area contributed by atoms with Gasteiger partial charge in [0.25, 0.3) is 0 Å². The highest BCUT2D eigenvalue weighted by atomic mass is 31.1. The van der Waals surface area contributed by atoms with E-state index in [1.807, 2.05) is 24.3 Å². The van der Waals surface area contributed by atoms with Gasteiger partial charge in [-0.15, -0.1) is 7.92 Å². The second kappa shape index (κ2) is 4.19. The molecule has 0 saturated heterocycles. The zero-order valence-corrected chi connectivity index (χ0v) is 11.6. The van der Waals surface area contributed by atoms with Crippen molar-refractivity contribution in [3.05, 3.63) is 59.7 Å². The molecule has 0 amide bonds. The van der Waals surface area contributed by atoms with E-state index in [1.54, 1.807) is 0 Å². The van der Waals surface area contributed by atoms with Crippen molar-refractivity contribution >= 4 is 7.92 Å². The summed E-state index contributed by atoms with van der Waals surface area (Å²) < 4.78 is 0. The van der Waals surface area contributed by atoms with E-state index in [4.69, 9.17) is 0 Å². The maximum Gasteiger partial charge on any atom is 0.120 e. The quantitative estimate of drug-likeness (QED) is 0.813. The van der Waals surface area contributed by atoms with Crippen LogP contribution in [0.25, 0.3) is 11.1 Å². The number of hydrogen-bond donors (Lipinski definition) is 1. The predicted molar refractivity (Wildman–Crippen MR) is 78.5 cm³/mol. The van der Waals surface area contributed by atoms with Crippen LogP contribution in [-0.4, -0.2) is 24.6 Å². The highest BCUT2D eigenvalue weighted by Gasteiger charge is 2.41. The first-order chi connectivity index (χ1) is 8.63. The van der Waals surface area contributed by atoms with Crippen LogP contribution in [0.1, 0.15) is 11.1 Å². The summed E-state index contributed by atoms with van der Waals surface area (Å²) in [7, 11) is -0.159. The van der Waals surface area contributed by atoms with Crippen molar-refractivity contribution in [2.24, 2.45) is 0 Å². The average molecular weight is 256 g/mol. The summed E-state index contributed by atoms with van der Waals surface area (Å²) in [6, 6.07) is 16.5. The second-order valence-corrected chi connectivity index (χ2v) is 7.66. The number of aliphatic hydroxyl groups is 1. The van der Waals surface area contributed by atoms with Crippen LogP contribution in [0.3, 0.4) is 0 Å². The SMILES string of the molecule is CP(C)CC1(O)c2ccccc2-c2ccccc21. The molecule has 0 aromatic heterocycles. The van der Waals surface area contributed by atoms with Crippen LogP contribution in [0, 0.1) is 0 Å². The van der Waals surface area contributed by atoms with Crippen molar-refractivity contribution in [2.45, 2.75) is 5.60 Å². The van der Waals surface area contributed by atoms with E-state index in [0.29, 0.717) is 0 Å². The minimum Gasteiger partial charge on any atom is -0.380 e. The lowest BCUT2D eigenvalue weighted by atomic mass is 9.94. The third-order valence-corrected chi connectivity index (χ3v) is 4.67. The van der Waals surface area contributed by atoms with Gasteiger partial charge in [-0.2, -0.15) is 0 Å². The van der Waals surface area contributed by atoms with Crippen molar-refractivity contribution < 1.29 is 5.11 Å². The number of fused-ring (bicyclic) bond motifs is 3. The third-order valence-electron chi connectivity index (χ3n) is 3.58. The van der Waals surface area contributed by atoms with Crippen molar-refractivity contribution in [1.29, 1.82) is 0 Å². The monoisotopic (exact) mass is 256 g/mol. The molecule has 1 aliphatic carbocycles. The minimum atomic E-state index is -0.789. The standard InChI is InChI=1S/C16H17OP/c1-18(2)11-16(17)14-9-5-3-7-12(14)13-8-4-6-10-15(13)16/h3-10,17H,11H2,1-2H3. The molecule has 2 aromatic rings. The molecule has 0 spiro atoms. The maximum absolute atomic E-state index is 11.2. The highest BCUT2D eigenvalue weighted by Crippen LogP contribution is 2.51. The Kier molecular flexibility index (Phi) is 2.77. The largest absolute Gasteiger partial charge is 0.380 e.